The lowest BCUT2D eigenvalue weighted by Crippen LogP contribution is -2.08. The molecule has 0 radical (unpaired) electrons. The highest BCUT2D eigenvalue weighted by molar-refractivity contribution is 5.64. The van der Waals surface area contributed by atoms with Crippen molar-refractivity contribution >= 4 is 5.57 Å². The van der Waals surface area contributed by atoms with Crippen molar-refractivity contribution in [2.75, 3.05) is 0 Å². The molecular formula is C21H34O3. The molecule has 0 aliphatic rings. The van der Waals surface area contributed by atoms with Gasteiger partial charge in [-0.2, -0.15) is 0 Å². The minimum Gasteiger partial charge on any atom is -0.507 e. The fourth-order valence-electron chi connectivity index (χ4n) is 3.71. The molecule has 1 N–H and O–H groups in total. The van der Waals surface area contributed by atoms with Crippen LogP contribution in [0.5, 0.6) is 5.75 Å². The van der Waals surface area contributed by atoms with Gasteiger partial charge in [-0.05, 0) is 56.9 Å². The number of hydrogen-bond acceptors (Lipinski definition) is 3. The summed E-state index contributed by atoms with van der Waals surface area (Å²) in [6.07, 6.45) is 7.07. The van der Waals surface area contributed by atoms with Gasteiger partial charge < -0.3 is 9.52 Å². The first-order chi connectivity index (χ1) is 11.2. The largest absolute Gasteiger partial charge is 0.507 e. The highest BCUT2D eigenvalue weighted by atomic mass is 16.4. The molecular weight excluding hydrogens is 300 g/mol. The molecule has 0 bridgehead atoms. The van der Waals surface area contributed by atoms with E-state index < -0.39 is 5.63 Å². The van der Waals surface area contributed by atoms with Gasteiger partial charge in [0.15, 0.2) is 0 Å². The van der Waals surface area contributed by atoms with E-state index in [4.69, 9.17) is 4.42 Å². The molecule has 24 heavy (non-hydrogen) atoms. The summed E-state index contributed by atoms with van der Waals surface area (Å²) >= 11 is 0. The van der Waals surface area contributed by atoms with Crippen LogP contribution in [0.2, 0.25) is 0 Å². The first kappa shape index (κ1) is 20.5. The van der Waals surface area contributed by atoms with Crippen LogP contribution in [0.1, 0.15) is 77.2 Å². The van der Waals surface area contributed by atoms with Gasteiger partial charge in [0.05, 0.1) is 5.56 Å². The van der Waals surface area contributed by atoms with Crippen molar-refractivity contribution in [3.05, 3.63) is 33.4 Å². The Kier molecular flexibility index (Phi) is 7.78. The first-order valence-corrected chi connectivity index (χ1v) is 9.19. The van der Waals surface area contributed by atoms with Crippen LogP contribution in [0.15, 0.2) is 15.3 Å². The SMILES string of the molecule is CCC[C@H](C)C[C@@H](C)C[C@H](C)/C=C(\C)c1oc(=O)c(C)c(O)c1C. The molecule has 3 atom stereocenters. The summed E-state index contributed by atoms with van der Waals surface area (Å²) in [6, 6.07) is 0. The molecule has 136 valence electrons. The Balaban J connectivity index is 2.84. The van der Waals surface area contributed by atoms with Gasteiger partial charge in [-0.3, -0.25) is 0 Å². The summed E-state index contributed by atoms with van der Waals surface area (Å²) < 4.78 is 5.40. The topological polar surface area (TPSA) is 50.4 Å². The Morgan fingerprint density at radius 2 is 1.75 bits per heavy atom. The summed E-state index contributed by atoms with van der Waals surface area (Å²) in [5, 5.41) is 10.1. The normalized spacial score (nSPS) is 16.0. The predicted molar refractivity (Wildman–Crippen MR) is 101 cm³/mol. The van der Waals surface area contributed by atoms with Crippen LogP contribution in [0, 0.1) is 31.6 Å². The fourth-order valence-corrected chi connectivity index (χ4v) is 3.71. The van der Waals surface area contributed by atoms with Gasteiger partial charge in [-0.1, -0.05) is 46.6 Å². The Morgan fingerprint density at radius 3 is 2.33 bits per heavy atom. The molecule has 0 aliphatic carbocycles. The van der Waals surface area contributed by atoms with Gasteiger partial charge in [0.25, 0.3) is 0 Å². The molecule has 0 unspecified atom stereocenters. The van der Waals surface area contributed by atoms with Crippen molar-refractivity contribution in [2.24, 2.45) is 17.8 Å². The number of hydrogen-bond donors (Lipinski definition) is 1. The van der Waals surface area contributed by atoms with Gasteiger partial charge in [-0.25, -0.2) is 4.79 Å². The van der Waals surface area contributed by atoms with E-state index in [0.717, 1.165) is 17.9 Å². The minimum atomic E-state index is -0.463. The average molecular weight is 335 g/mol. The number of aromatic hydroxyl groups is 1. The molecule has 3 nitrogen and oxygen atoms in total. The van der Waals surface area contributed by atoms with Crippen molar-refractivity contribution in [2.45, 2.75) is 74.1 Å². The molecule has 0 amide bonds. The molecule has 0 spiro atoms. The van der Waals surface area contributed by atoms with Crippen molar-refractivity contribution in [3.63, 3.8) is 0 Å². The highest BCUT2D eigenvalue weighted by Crippen LogP contribution is 2.29. The van der Waals surface area contributed by atoms with Crippen molar-refractivity contribution < 1.29 is 9.52 Å². The summed E-state index contributed by atoms with van der Waals surface area (Å²) in [7, 11) is 0. The van der Waals surface area contributed by atoms with Crippen LogP contribution in [-0.2, 0) is 0 Å². The van der Waals surface area contributed by atoms with Gasteiger partial charge in [0, 0.05) is 5.56 Å². The molecule has 0 saturated carbocycles. The fraction of sp³-hybridized carbons (Fsp3) is 0.667. The molecule has 3 heteroatoms. The second kappa shape index (κ2) is 9.10. The van der Waals surface area contributed by atoms with E-state index in [2.05, 4.69) is 33.8 Å². The maximum Gasteiger partial charge on any atom is 0.342 e. The van der Waals surface area contributed by atoms with Crippen LogP contribution in [0.25, 0.3) is 5.57 Å². The lowest BCUT2D eigenvalue weighted by Gasteiger charge is -2.19. The van der Waals surface area contributed by atoms with E-state index in [-0.39, 0.29) is 11.3 Å². The molecule has 0 fully saturated rings. The van der Waals surface area contributed by atoms with Gasteiger partial charge in [0.2, 0.25) is 0 Å². The van der Waals surface area contributed by atoms with Crippen LogP contribution in [0.4, 0.5) is 0 Å². The molecule has 1 aromatic heterocycles. The van der Waals surface area contributed by atoms with Crippen molar-refractivity contribution in [3.8, 4) is 5.75 Å². The van der Waals surface area contributed by atoms with E-state index >= 15 is 0 Å². The van der Waals surface area contributed by atoms with E-state index in [1.807, 2.05) is 6.92 Å². The third-order valence-electron chi connectivity index (χ3n) is 4.80. The zero-order valence-corrected chi connectivity index (χ0v) is 16.4. The standard InChI is InChI=1S/C21H34O3/c1-8-9-13(2)10-14(3)11-15(4)12-16(5)20-17(6)19(22)18(7)21(23)24-20/h12-15,22H,8-11H2,1-7H3/b16-12+/t13-,14+,15-/m0/s1. The Morgan fingerprint density at radius 1 is 1.12 bits per heavy atom. The Labute approximate surface area is 146 Å². The van der Waals surface area contributed by atoms with Crippen LogP contribution >= 0.6 is 0 Å². The average Bonchev–Trinajstić information content (AvgIpc) is 2.48. The smallest absolute Gasteiger partial charge is 0.342 e. The number of rotatable bonds is 8. The molecule has 1 aromatic rings. The van der Waals surface area contributed by atoms with Crippen LogP contribution in [0.3, 0.4) is 0 Å². The molecule has 0 aromatic carbocycles. The molecule has 0 aliphatic heterocycles. The van der Waals surface area contributed by atoms with E-state index in [9.17, 15) is 9.90 Å². The first-order valence-electron chi connectivity index (χ1n) is 9.19. The zero-order valence-electron chi connectivity index (χ0n) is 16.4. The maximum absolute atomic E-state index is 11.8. The molecule has 1 heterocycles. The minimum absolute atomic E-state index is 0.0448. The summed E-state index contributed by atoms with van der Waals surface area (Å²) in [5.41, 5.74) is 1.37. The highest BCUT2D eigenvalue weighted by Gasteiger charge is 2.16. The molecule has 1 rings (SSSR count). The van der Waals surface area contributed by atoms with Crippen LogP contribution < -0.4 is 5.63 Å². The van der Waals surface area contributed by atoms with E-state index in [0.29, 0.717) is 23.2 Å². The summed E-state index contributed by atoms with van der Waals surface area (Å²) in [4.78, 5) is 11.8. The van der Waals surface area contributed by atoms with E-state index in [1.165, 1.54) is 19.3 Å². The van der Waals surface area contributed by atoms with E-state index in [1.54, 1.807) is 13.8 Å². The predicted octanol–water partition coefficient (Wildman–Crippen LogP) is 5.85. The van der Waals surface area contributed by atoms with Gasteiger partial charge in [0.1, 0.15) is 11.5 Å². The molecule has 0 saturated heterocycles. The lowest BCUT2D eigenvalue weighted by molar-refractivity contribution is 0.353. The third kappa shape index (κ3) is 5.54. The Bertz CT molecular complexity index is 625. The third-order valence-corrected chi connectivity index (χ3v) is 4.80. The summed E-state index contributed by atoms with van der Waals surface area (Å²) in [6.45, 7) is 14.4. The zero-order chi connectivity index (χ0) is 18.4. The maximum atomic E-state index is 11.8. The van der Waals surface area contributed by atoms with Gasteiger partial charge in [-0.15, -0.1) is 0 Å². The Hall–Kier alpha value is -1.51. The van der Waals surface area contributed by atoms with Gasteiger partial charge >= 0.3 is 5.63 Å². The summed E-state index contributed by atoms with van der Waals surface area (Å²) in [5.74, 6) is 2.40. The number of allylic oxidation sites excluding steroid dienone is 2. The second-order valence-electron chi connectivity index (χ2n) is 7.61. The van der Waals surface area contributed by atoms with Crippen molar-refractivity contribution in [1.29, 1.82) is 0 Å². The quantitative estimate of drug-likeness (QED) is 0.648. The lowest BCUT2D eigenvalue weighted by atomic mass is 9.87. The van der Waals surface area contributed by atoms with Crippen LogP contribution in [-0.4, -0.2) is 5.11 Å². The van der Waals surface area contributed by atoms with Crippen molar-refractivity contribution in [1.82, 2.24) is 0 Å². The monoisotopic (exact) mass is 334 g/mol. The second-order valence-corrected chi connectivity index (χ2v) is 7.61.